The standard InChI is InChI=1S/C34H27NO3/c1-38-22-18-16-21(17-19-22)30-29-15-8-20-35(29)34(31(36)25-11-2-3-12-26(25)32(34)37)33(30)27-13-6-4-9-23(27)24-10-5-7-14-28(24)33/h2-7,9-14,16-19,29-30H,8,15,20H2,1H3/t29?,30-/m0/s1. The van der Waals surface area contributed by atoms with E-state index in [2.05, 4.69) is 65.6 Å². The molecule has 2 saturated heterocycles. The highest BCUT2D eigenvalue weighted by atomic mass is 16.5. The van der Waals surface area contributed by atoms with E-state index in [9.17, 15) is 9.59 Å². The number of ketones is 2. The molecule has 0 saturated carbocycles. The number of rotatable bonds is 2. The summed E-state index contributed by atoms with van der Waals surface area (Å²) in [5, 5.41) is 0. The van der Waals surface area contributed by atoms with Crippen LogP contribution in [0.5, 0.6) is 5.75 Å². The lowest BCUT2D eigenvalue weighted by atomic mass is 9.55. The van der Waals surface area contributed by atoms with Crippen molar-refractivity contribution in [2.75, 3.05) is 13.7 Å². The van der Waals surface area contributed by atoms with Gasteiger partial charge < -0.3 is 4.74 Å². The van der Waals surface area contributed by atoms with E-state index in [1.54, 1.807) is 7.11 Å². The fourth-order valence-electron chi connectivity index (χ4n) is 8.56. The molecule has 4 heteroatoms. The van der Waals surface area contributed by atoms with Crippen LogP contribution in [0.3, 0.4) is 0 Å². The maximum atomic E-state index is 14.9. The van der Waals surface area contributed by atoms with Crippen molar-refractivity contribution < 1.29 is 14.3 Å². The molecule has 2 fully saturated rings. The quantitative estimate of drug-likeness (QED) is 0.317. The highest BCUT2D eigenvalue weighted by Gasteiger charge is 2.79. The molecule has 4 aromatic rings. The molecule has 2 aliphatic heterocycles. The summed E-state index contributed by atoms with van der Waals surface area (Å²) in [6, 6.07) is 32.7. The van der Waals surface area contributed by atoms with Gasteiger partial charge in [0, 0.05) is 23.1 Å². The number of fused-ring (bicyclic) bond motifs is 9. The van der Waals surface area contributed by atoms with Gasteiger partial charge in [-0.15, -0.1) is 0 Å². The lowest BCUT2D eigenvalue weighted by Gasteiger charge is -2.46. The number of carbonyl (C=O) groups is 2. The monoisotopic (exact) mass is 497 g/mol. The average Bonchev–Trinajstić information content (AvgIpc) is 3.68. The normalized spacial score (nSPS) is 23.5. The van der Waals surface area contributed by atoms with Gasteiger partial charge in [-0.1, -0.05) is 84.9 Å². The summed E-state index contributed by atoms with van der Waals surface area (Å²) in [7, 11) is 1.68. The van der Waals surface area contributed by atoms with Crippen LogP contribution in [0.15, 0.2) is 97.1 Å². The molecule has 2 aliphatic carbocycles. The average molecular weight is 498 g/mol. The summed E-state index contributed by atoms with van der Waals surface area (Å²) in [6.45, 7) is 0.731. The Hall–Kier alpha value is -4.02. The minimum absolute atomic E-state index is 0.0486. The van der Waals surface area contributed by atoms with Gasteiger partial charge >= 0.3 is 0 Å². The third-order valence-corrected chi connectivity index (χ3v) is 9.69. The Labute approximate surface area is 221 Å². The first-order chi connectivity index (χ1) is 18.7. The Bertz CT molecular complexity index is 1570. The van der Waals surface area contributed by atoms with E-state index in [-0.39, 0.29) is 23.5 Å². The first kappa shape index (κ1) is 22.0. The van der Waals surface area contributed by atoms with Crippen LogP contribution in [-0.4, -0.2) is 41.7 Å². The van der Waals surface area contributed by atoms with Gasteiger partial charge in [0.25, 0.3) is 0 Å². The maximum absolute atomic E-state index is 14.9. The second kappa shape index (κ2) is 7.52. The van der Waals surface area contributed by atoms with Crippen LogP contribution in [0.2, 0.25) is 0 Å². The predicted octanol–water partition coefficient (Wildman–Crippen LogP) is 6.04. The zero-order chi connectivity index (χ0) is 25.6. The molecular formula is C34H27NO3. The molecule has 4 aromatic carbocycles. The highest BCUT2D eigenvalue weighted by molar-refractivity contribution is 6.35. The Balaban J connectivity index is 1.54. The van der Waals surface area contributed by atoms with Gasteiger partial charge in [0.15, 0.2) is 17.1 Å². The number of hydrogen-bond donors (Lipinski definition) is 0. The largest absolute Gasteiger partial charge is 0.497 e. The van der Waals surface area contributed by atoms with Crippen LogP contribution in [0.25, 0.3) is 11.1 Å². The van der Waals surface area contributed by atoms with E-state index in [1.165, 1.54) is 0 Å². The molecule has 2 spiro atoms. The van der Waals surface area contributed by atoms with Crippen LogP contribution >= 0.6 is 0 Å². The number of hydrogen-bond acceptors (Lipinski definition) is 4. The van der Waals surface area contributed by atoms with Gasteiger partial charge in [0.05, 0.1) is 12.5 Å². The predicted molar refractivity (Wildman–Crippen MR) is 146 cm³/mol. The molecule has 0 bridgehead atoms. The number of Topliss-reactive ketones (excluding diaryl/α,β-unsaturated/α-hetero) is 2. The zero-order valence-electron chi connectivity index (χ0n) is 21.2. The first-order valence-corrected chi connectivity index (χ1v) is 13.4. The van der Waals surface area contributed by atoms with Gasteiger partial charge in [0.2, 0.25) is 0 Å². The van der Waals surface area contributed by atoms with Crippen molar-refractivity contribution in [1.29, 1.82) is 0 Å². The summed E-state index contributed by atoms with van der Waals surface area (Å²) in [4.78, 5) is 32.2. The van der Waals surface area contributed by atoms with Crippen molar-refractivity contribution in [3.8, 4) is 16.9 Å². The summed E-state index contributed by atoms with van der Waals surface area (Å²) < 4.78 is 5.50. The molecular weight excluding hydrogens is 470 g/mol. The fourth-order valence-corrected chi connectivity index (χ4v) is 8.56. The van der Waals surface area contributed by atoms with Gasteiger partial charge in [-0.3, -0.25) is 14.5 Å². The van der Waals surface area contributed by atoms with E-state index in [0.29, 0.717) is 11.1 Å². The number of nitrogens with zero attached hydrogens (tertiary/aromatic N) is 1. The Morgan fingerprint density at radius 2 is 1.24 bits per heavy atom. The van der Waals surface area contributed by atoms with Crippen molar-refractivity contribution in [3.63, 3.8) is 0 Å². The van der Waals surface area contributed by atoms with Gasteiger partial charge in [0.1, 0.15) is 5.75 Å². The molecule has 0 N–H and O–H groups in total. The van der Waals surface area contributed by atoms with Crippen molar-refractivity contribution in [2.45, 2.75) is 35.8 Å². The molecule has 1 unspecified atom stereocenters. The van der Waals surface area contributed by atoms with E-state index >= 15 is 0 Å². The molecule has 0 amide bonds. The minimum Gasteiger partial charge on any atom is -0.497 e. The van der Waals surface area contributed by atoms with Crippen LogP contribution in [0.4, 0.5) is 0 Å². The van der Waals surface area contributed by atoms with Crippen molar-refractivity contribution in [3.05, 3.63) is 125 Å². The number of benzene rings is 4. The Morgan fingerprint density at radius 3 is 1.79 bits per heavy atom. The smallest absolute Gasteiger partial charge is 0.193 e. The van der Waals surface area contributed by atoms with Crippen molar-refractivity contribution in [2.24, 2.45) is 0 Å². The van der Waals surface area contributed by atoms with Crippen LogP contribution in [0, 0.1) is 0 Å². The second-order valence-corrected chi connectivity index (χ2v) is 11.0. The molecule has 8 rings (SSSR count). The number of methoxy groups -OCH3 is 1. The van der Waals surface area contributed by atoms with E-state index < -0.39 is 11.0 Å². The summed E-state index contributed by atoms with van der Waals surface area (Å²) in [5.74, 6) is 0.620. The minimum atomic E-state index is -1.33. The summed E-state index contributed by atoms with van der Waals surface area (Å²) in [5.41, 5.74) is 4.49. The van der Waals surface area contributed by atoms with Crippen LogP contribution in [-0.2, 0) is 5.41 Å². The van der Waals surface area contributed by atoms with Crippen LogP contribution in [0.1, 0.15) is 56.2 Å². The SMILES string of the molecule is COc1ccc([C@H]2C3CCCN3C3(C(=O)c4ccccc4C3=O)C23c2ccccc2-c2ccccc23)cc1. The van der Waals surface area contributed by atoms with Crippen molar-refractivity contribution >= 4 is 11.6 Å². The Kier molecular flexibility index (Phi) is 4.35. The van der Waals surface area contributed by atoms with Gasteiger partial charge in [-0.05, 0) is 59.3 Å². The zero-order valence-corrected chi connectivity index (χ0v) is 21.2. The molecule has 4 aliphatic rings. The lowest BCUT2D eigenvalue weighted by Crippen LogP contribution is -2.64. The number of carbonyl (C=O) groups excluding carboxylic acids is 2. The Morgan fingerprint density at radius 1 is 0.711 bits per heavy atom. The summed E-state index contributed by atoms with van der Waals surface area (Å²) >= 11 is 0. The molecule has 186 valence electrons. The molecule has 38 heavy (non-hydrogen) atoms. The lowest BCUT2D eigenvalue weighted by molar-refractivity contribution is 0.0497. The van der Waals surface area contributed by atoms with Gasteiger partial charge in [-0.25, -0.2) is 0 Å². The third-order valence-electron chi connectivity index (χ3n) is 9.69. The first-order valence-electron chi connectivity index (χ1n) is 13.4. The molecule has 4 nitrogen and oxygen atoms in total. The van der Waals surface area contributed by atoms with Crippen LogP contribution < -0.4 is 4.74 Å². The van der Waals surface area contributed by atoms with E-state index in [1.807, 2.05) is 36.4 Å². The maximum Gasteiger partial charge on any atom is 0.193 e. The fraction of sp³-hybridized carbons (Fsp3) is 0.235. The van der Waals surface area contributed by atoms with E-state index in [0.717, 1.165) is 53.0 Å². The highest BCUT2D eigenvalue weighted by Crippen LogP contribution is 2.70. The topological polar surface area (TPSA) is 46.6 Å². The summed E-state index contributed by atoms with van der Waals surface area (Å²) in [6.07, 6.45) is 1.91. The molecule has 2 atom stereocenters. The van der Waals surface area contributed by atoms with Crippen molar-refractivity contribution in [1.82, 2.24) is 4.90 Å². The van der Waals surface area contributed by atoms with Gasteiger partial charge in [-0.2, -0.15) is 0 Å². The van der Waals surface area contributed by atoms with E-state index in [4.69, 9.17) is 4.74 Å². The second-order valence-electron chi connectivity index (χ2n) is 11.0. The third kappa shape index (κ3) is 2.28. The molecule has 0 radical (unpaired) electrons. The number of ether oxygens (including phenoxy) is 1. The molecule has 2 heterocycles. The molecule has 0 aromatic heterocycles.